The number of nitrogens with one attached hydrogen (secondary N) is 1. The number of benzene rings is 1. The molecule has 1 heterocycles. The van der Waals surface area contributed by atoms with Crippen LogP contribution >= 0.6 is 15.9 Å². The summed E-state index contributed by atoms with van der Waals surface area (Å²) in [5.41, 5.74) is 0.611. The molecule has 0 spiro atoms. The number of rotatable bonds is 7. The number of nitrogens with zero attached hydrogens (tertiary/aromatic N) is 1. The van der Waals surface area contributed by atoms with E-state index < -0.39 is 6.36 Å². The predicted octanol–water partition coefficient (Wildman–Crippen LogP) is 4.87. The van der Waals surface area contributed by atoms with Gasteiger partial charge in [0.15, 0.2) is 0 Å². The van der Waals surface area contributed by atoms with E-state index >= 15 is 0 Å². The summed E-state index contributed by atoms with van der Waals surface area (Å²) in [6.45, 7) is 5.49. The van der Waals surface area contributed by atoms with E-state index in [2.05, 4.69) is 37.8 Å². The van der Waals surface area contributed by atoms with Crippen LogP contribution in [0.15, 0.2) is 22.7 Å². The van der Waals surface area contributed by atoms with Gasteiger partial charge in [0.1, 0.15) is 5.75 Å². The van der Waals surface area contributed by atoms with Gasteiger partial charge in [-0.25, -0.2) is 0 Å². The van der Waals surface area contributed by atoms with E-state index in [9.17, 15) is 13.2 Å². The lowest BCUT2D eigenvalue weighted by Gasteiger charge is -2.36. The van der Waals surface area contributed by atoms with Gasteiger partial charge >= 0.3 is 6.36 Å². The molecule has 0 aliphatic carbocycles. The summed E-state index contributed by atoms with van der Waals surface area (Å²) >= 11 is 3.38. The van der Waals surface area contributed by atoms with Crippen LogP contribution in [-0.4, -0.2) is 37.4 Å². The summed E-state index contributed by atoms with van der Waals surface area (Å²) in [6, 6.07) is 4.70. The lowest BCUT2D eigenvalue weighted by molar-refractivity contribution is -0.275. The van der Waals surface area contributed by atoms with E-state index in [1.54, 1.807) is 12.1 Å². The van der Waals surface area contributed by atoms with Gasteiger partial charge in [0.05, 0.1) is 0 Å². The first kappa shape index (κ1) is 19.5. The van der Waals surface area contributed by atoms with Gasteiger partial charge in [-0.1, -0.05) is 42.1 Å². The minimum absolute atomic E-state index is 0.0616. The maximum atomic E-state index is 12.8. The van der Waals surface area contributed by atoms with Crippen molar-refractivity contribution in [2.75, 3.05) is 26.2 Å². The highest BCUT2D eigenvalue weighted by molar-refractivity contribution is 9.10. The van der Waals surface area contributed by atoms with Crippen molar-refractivity contribution in [2.45, 2.75) is 45.0 Å². The second kappa shape index (κ2) is 9.06. The fraction of sp³-hybridized carbons (Fsp3) is 0.647. The number of hydrogen-bond donors (Lipinski definition) is 1. The Morgan fingerprint density at radius 1 is 1.25 bits per heavy atom. The molecule has 1 N–H and O–H groups in total. The summed E-state index contributed by atoms with van der Waals surface area (Å²) in [5, 5.41) is 3.29. The smallest absolute Gasteiger partial charge is 0.405 e. The zero-order chi connectivity index (χ0) is 17.6. The number of unbranched alkanes of at least 4 members (excludes halogenated alkanes) is 2. The molecule has 1 aromatic rings. The van der Waals surface area contributed by atoms with Crippen LogP contribution in [0.1, 0.15) is 44.2 Å². The van der Waals surface area contributed by atoms with Gasteiger partial charge in [-0.05, 0) is 24.6 Å². The SMILES string of the molecule is CCCCC[C@H](c1cc(Br)ccc1OC(F)(F)F)N1CCNCC1. The van der Waals surface area contributed by atoms with Crippen molar-refractivity contribution in [2.24, 2.45) is 0 Å². The van der Waals surface area contributed by atoms with E-state index in [0.29, 0.717) is 5.56 Å². The van der Waals surface area contributed by atoms with Crippen LogP contribution in [0.25, 0.3) is 0 Å². The average Bonchev–Trinajstić information content (AvgIpc) is 2.53. The van der Waals surface area contributed by atoms with Crippen LogP contribution in [0.4, 0.5) is 13.2 Å². The highest BCUT2D eigenvalue weighted by Gasteiger charge is 2.34. The van der Waals surface area contributed by atoms with Crippen LogP contribution in [0, 0.1) is 0 Å². The molecule has 7 heteroatoms. The Kier molecular flexibility index (Phi) is 7.37. The molecule has 0 amide bonds. The molecule has 0 saturated carbocycles. The molecule has 1 aliphatic heterocycles. The highest BCUT2D eigenvalue weighted by Crippen LogP contribution is 2.37. The average molecular weight is 409 g/mol. The Bertz CT molecular complexity index is 519. The Labute approximate surface area is 149 Å². The third kappa shape index (κ3) is 5.93. The first-order valence-electron chi connectivity index (χ1n) is 8.40. The lowest BCUT2D eigenvalue weighted by Crippen LogP contribution is -2.45. The van der Waals surface area contributed by atoms with Crippen molar-refractivity contribution in [3.8, 4) is 5.75 Å². The van der Waals surface area contributed by atoms with E-state index in [4.69, 9.17) is 0 Å². The Morgan fingerprint density at radius 2 is 1.96 bits per heavy atom. The quantitative estimate of drug-likeness (QED) is 0.651. The number of hydrogen-bond acceptors (Lipinski definition) is 3. The number of alkyl halides is 3. The molecule has 1 atom stereocenters. The fourth-order valence-corrected chi connectivity index (χ4v) is 3.49. The number of halogens is 4. The Balaban J connectivity index is 2.30. The first-order chi connectivity index (χ1) is 11.4. The van der Waals surface area contributed by atoms with E-state index in [0.717, 1.165) is 56.3 Å². The first-order valence-corrected chi connectivity index (χ1v) is 9.20. The third-order valence-corrected chi connectivity index (χ3v) is 4.72. The van der Waals surface area contributed by atoms with Crippen molar-refractivity contribution >= 4 is 15.9 Å². The molecule has 1 aliphatic rings. The van der Waals surface area contributed by atoms with Gasteiger partial charge in [-0.15, -0.1) is 13.2 Å². The van der Waals surface area contributed by atoms with E-state index in [1.165, 1.54) is 6.07 Å². The van der Waals surface area contributed by atoms with Crippen molar-refractivity contribution < 1.29 is 17.9 Å². The molecule has 0 unspecified atom stereocenters. The molecule has 0 radical (unpaired) electrons. The molecule has 0 bridgehead atoms. The lowest BCUT2D eigenvalue weighted by atomic mass is 9.97. The summed E-state index contributed by atoms with van der Waals surface area (Å²) in [6.07, 6.45) is -0.702. The summed E-state index contributed by atoms with van der Waals surface area (Å²) < 4.78 is 43.4. The van der Waals surface area contributed by atoms with Crippen LogP contribution in [0.2, 0.25) is 0 Å². The molecule has 1 saturated heterocycles. The molecular weight excluding hydrogens is 385 g/mol. The van der Waals surface area contributed by atoms with Crippen LogP contribution in [-0.2, 0) is 0 Å². The zero-order valence-electron chi connectivity index (χ0n) is 13.8. The summed E-state index contributed by atoms with van der Waals surface area (Å²) in [7, 11) is 0. The summed E-state index contributed by atoms with van der Waals surface area (Å²) in [5.74, 6) is -0.0919. The Morgan fingerprint density at radius 3 is 2.58 bits per heavy atom. The second-order valence-corrected chi connectivity index (χ2v) is 6.94. The monoisotopic (exact) mass is 408 g/mol. The van der Waals surface area contributed by atoms with E-state index in [1.807, 2.05) is 0 Å². The highest BCUT2D eigenvalue weighted by atomic mass is 79.9. The van der Waals surface area contributed by atoms with Crippen molar-refractivity contribution in [3.05, 3.63) is 28.2 Å². The van der Waals surface area contributed by atoms with E-state index in [-0.39, 0.29) is 11.8 Å². The van der Waals surface area contributed by atoms with Crippen LogP contribution in [0.5, 0.6) is 5.75 Å². The largest absolute Gasteiger partial charge is 0.573 e. The molecule has 3 nitrogen and oxygen atoms in total. The summed E-state index contributed by atoms with van der Waals surface area (Å²) in [4.78, 5) is 2.26. The second-order valence-electron chi connectivity index (χ2n) is 6.03. The molecule has 24 heavy (non-hydrogen) atoms. The van der Waals surface area contributed by atoms with Crippen LogP contribution < -0.4 is 10.1 Å². The van der Waals surface area contributed by atoms with Crippen molar-refractivity contribution in [3.63, 3.8) is 0 Å². The fourth-order valence-electron chi connectivity index (χ4n) is 3.11. The Hall–Kier alpha value is -0.790. The van der Waals surface area contributed by atoms with Crippen molar-refractivity contribution in [1.29, 1.82) is 0 Å². The molecule has 1 aromatic carbocycles. The zero-order valence-corrected chi connectivity index (χ0v) is 15.4. The molecule has 136 valence electrons. The molecular formula is C17H24BrF3N2O. The topological polar surface area (TPSA) is 24.5 Å². The molecule has 2 rings (SSSR count). The number of ether oxygens (including phenoxy) is 1. The predicted molar refractivity (Wildman–Crippen MR) is 92.2 cm³/mol. The molecule has 0 aromatic heterocycles. The standard InChI is InChI=1S/C17H24BrF3N2O/c1-2-3-4-5-15(23-10-8-22-9-11-23)14-12-13(18)6-7-16(14)24-17(19,20)21/h6-7,12,15,22H,2-5,8-11H2,1H3/t15-/m1/s1. The van der Waals surface area contributed by atoms with Gasteiger partial charge in [0.2, 0.25) is 0 Å². The third-order valence-electron chi connectivity index (χ3n) is 4.23. The minimum atomic E-state index is -4.68. The number of piperazine rings is 1. The van der Waals surface area contributed by atoms with Gasteiger partial charge in [-0.2, -0.15) is 0 Å². The van der Waals surface area contributed by atoms with Crippen molar-refractivity contribution in [1.82, 2.24) is 10.2 Å². The normalized spacial score (nSPS) is 17.7. The van der Waals surface area contributed by atoms with Gasteiger partial charge in [-0.3, -0.25) is 4.90 Å². The minimum Gasteiger partial charge on any atom is -0.405 e. The van der Waals surface area contributed by atoms with Gasteiger partial charge < -0.3 is 10.1 Å². The maximum absolute atomic E-state index is 12.8. The van der Waals surface area contributed by atoms with Gasteiger partial charge in [0.25, 0.3) is 0 Å². The van der Waals surface area contributed by atoms with Crippen LogP contribution in [0.3, 0.4) is 0 Å². The molecule has 1 fully saturated rings. The maximum Gasteiger partial charge on any atom is 0.573 e. The van der Waals surface area contributed by atoms with Gasteiger partial charge in [0, 0.05) is 42.3 Å².